The molecule has 0 aromatic rings. The molecule has 16 heavy (non-hydrogen) atoms. The van der Waals surface area contributed by atoms with E-state index in [4.69, 9.17) is 0 Å². The Labute approximate surface area is 95.8 Å². The lowest BCUT2D eigenvalue weighted by molar-refractivity contribution is -0.133. The van der Waals surface area contributed by atoms with Crippen LogP contribution in [-0.4, -0.2) is 18.8 Å². The number of rotatable bonds is 3. The summed E-state index contributed by atoms with van der Waals surface area (Å²) in [6, 6.07) is 0.282. The SMILES string of the molecule is CC1(C)CCCC(NCCC(F)(F)F)CC1. The van der Waals surface area contributed by atoms with Gasteiger partial charge in [0.25, 0.3) is 0 Å². The van der Waals surface area contributed by atoms with Crippen LogP contribution in [0.25, 0.3) is 0 Å². The molecule has 0 radical (unpaired) electrons. The van der Waals surface area contributed by atoms with Crippen LogP contribution in [0.2, 0.25) is 0 Å². The summed E-state index contributed by atoms with van der Waals surface area (Å²) in [5.74, 6) is 0. The third-order valence-corrected chi connectivity index (χ3v) is 3.42. The highest BCUT2D eigenvalue weighted by molar-refractivity contribution is 4.79. The summed E-state index contributed by atoms with van der Waals surface area (Å²) < 4.78 is 35.9. The Hall–Kier alpha value is -0.250. The smallest absolute Gasteiger partial charge is 0.314 e. The van der Waals surface area contributed by atoms with Gasteiger partial charge in [0.05, 0.1) is 6.42 Å². The van der Waals surface area contributed by atoms with E-state index in [1.54, 1.807) is 0 Å². The van der Waals surface area contributed by atoms with E-state index in [-0.39, 0.29) is 12.6 Å². The molecular weight excluding hydrogens is 215 g/mol. The Bertz CT molecular complexity index is 211. The fourth-order valence-corrected chi connectivity index (χ4v) is 2.28. The zero-order chi connectivity index (χ0) is 12.2. The Morgan fingerprint density at radius 3 is 2.50 bits per heavy atom. The zero-order valence-corrected chi connectivity index (χ0v) is 10.2. The molecule has 1 saturated carbocycles. The monoisotopic (exact) mass is 237 g/mol. The molecule has 0 spiro atoms. The maximum atomic E-state index is 12.0. The van der Waals surface area contributed by atoms with Gasteiger partial charge in [-0.25, -0.2) is 0 Å². The largest absolute Gasteiger partial charge is 0.390 e. The van der Waals surface area contributed by atoms with Gasteiger partial charge in [-0.1, -0.05) is 20.3 Å². The van der Waals surface area contributed by atoms with E-state index in [1.165, 1.54) is 6.42 Å². The predicted octanol–water partition coefficient (Wildman–Crippen LogP) is 3.89. The van der Waals surface area contributed by atoms with E-state index < -0.39 is 12.6 Å². The zero-order valence-electron chi connectivity index (χ0n) is 10.2. The highest BCUT2D eigenvalue weighted by Gasteiger charge is 2.28. The van der Waals surface area contributed by atoms with Gasteiger partial charge in [-0.05, 0) is 31.1 Å². The summed E-state index contributed by atoms with van der Waals surface area (Å²) in [5.41, 5.74) is 0.362. The van der Waals surface area contributed by atoms with Gasteiger partial charge in [0.2, 0.25) is 0 Å². The van der Waals surface area contributed by atoms with Crippen molar-refractivity contribution in [2.75, 3.05) is 6.54 Å². The van der Waals surface area contributed by atoms with E-state index in [1.807, 2.05) is 0 Å². The third-order valence-electron chi connectivity index (χ3n) is 3.42. The molecule has 0 saturated heterocycles. The van der Waals surface area contributed by atoms with Crippen molar-refractivity contribution in [2.24, 2.45) is 5.41 Å². The van der Waals surface area contributed by atoms with Crippen LogP contribution in [0.3, 0.4) is 0 Å². The normalized spacial score (nSPS) is 26.4. The van der Waals surface area contributed by atoms with Gasteiger partial charge in [-0.15, -0.1) is 0 Å². The molecule has 1 nitrogen and oxygen atoms in total. The molecule has 4 heteroatoms. The molecule has 0 aromatic carbocycles. The molecule has 0 heterocycles. The number of hydrogen-bond acceptors (Lipinski definition) is 1. The fraction of sp³-hybridized carbons (Fsp3) is 1.00. The Morgan fingerprint density at radius 2 is 1.88 bits per heavy atom. The molecule has 1 aliphatic rings. The van der Waals surface area contributed by atoms with E-state index in [2.05, 4.69) is 19.2 Å². The van der Waals surface area contributed by atoms with Crippen molar-refractivity contribution >= 4 is 0 Å². The van der Waals surface area contributed by atoms with Crippen LogP contribution in [0.1, 0.15) is 52.4 Å². The van der Waals surface area contributed by atoms with E-state index >= 15 is 0 Å². The van der Waals surface area contributed by atoms with E-state index in [0.29, 0.717) is 5.41 Å². The van der Waals surface area contributed by atoms with Crippen LogP contribution < -0.4 is 5.32 Å². The molecule has 0 aliphatic heterocycles. The molecular formula is C12H22F3N. The quantitative estimate of drug-likeness (QED) is 0.734. The summed E-state index contributed by atoms with van der Waals surface area (Å²) in [7, 11) is 0. The average molecular weight is 237 g/mol. The van der Waals surface area contributed by atoms with E-state index in [9.17, 15) is 13.2 Å². The second-order valence-corrected chi connectivity index (χ2v) is 5.61. The summed E-state index contributed by atoms with van der Waals surface area (Å²) in [4.78, 5) is 0. The first-order valence-electron chi connectivity index (χ1n) is 6.09. The lowest BCUT2D eigenvalue weighted by Gasteiger charge is -2.22. The van der Waals surface area contributed by atoms with Gasteiger partial charge in [-0.2, -0.15) is 13.2 Å². The summed E-state index contributed by atoms with van der Waals surface area (Å²) in [6.45, 7) is 4.55. The fourth-order valence-electron chi connectivity index (χ4n) is 2.28. The highest BCUT2D eigenvalue weighted by atomic mass is 19.4. The van der Waals surface area contributed by atoms with Crippen molar-refractivity contribution in [2.45, 2.75) is 64.6 Å². The van der Waals surface area contributed by atoms with Crippen LogP contribution in [0, 0.1) is 5.41 Å². The van der Waals surface area contributed by atoms with Crippen LogP contribution in [0.5, 0.6) is 0 Å². The number of hydrogen-bond donors (Lipinski definition) is 1. The minimum Gasteiger partial charge on any atom is -0.314 e. The van der Waals surface area contributed by atoms with Gasteiger partial charge in [0.15, 0.2) is 0 Å². The third kappa shape index (κ3) is 5.73. The van der Waals surface area contributed by atoms with Crippen LogP contribution >= 0.6 is 0 Å². The first kappa shape index (κ1) is 13.8. The van der Waals surface area contributed by atoms with Gasteiger partial charge < -0.3 is 5.32 Å². The van der Waals surface area contributed by atoms with Crippen LogP contribution in [0.15, 0.2) is 0 Å². The van der Waals surface area contributed by atoms with Crippen molar-refractivity contribution in [3.63, 3.8) is 0 Å². The van der Waals surface area contributed by atoms with Gasteiger partial charge in [0.1, 0.15) is 0 Å². The standard InChI is InChI=1S/C12H22F3N/c1-11(2)6-3-4-10(5-7-11)16-9-8-12(13,14)15/h10,16H,3-9H2,1-2H3. The predicted molar refractivity (Wildman–Crippen MR) is 59.3 cm³/mol. The van der Waals surface area contributed by atoms with E-state index in [0.717, 1.165) is 25.7 Å². The maximum Gasteiger partial charge on any atom is 0.390 e. The van der Waals surface area contributed by atoms with Gasteiger partial charge in [0, 0.05) is 12.6 Å². The summed E-state index contributed by atoms with van der Waals surface area (Å²) >= 11 is 0. The molecule has 1 N–H and O–H groups in total. The second-order valence-electron chi connectivity index (χ2n) is 5.61. The number of nitrogens with one attached hydrogen (secondary N) is 1. The molecule has 1 unspecified atom stereocenters. The second kappa shape index (κ2) is 5.39. The number of alkyl halides is 3. The Morgan fingerprint density at radius 1 is 1.19 bits per heavy atom. The average Bonchev–Trinajstić information content (AvgIpc) is 2.26. The minimum atomic E-state index is -4.03. The van der Waals surface area contributed by atoms with Crippen molar-refractivity contribution in [3.05, 3.63) is 0 Å². The molecule has 1 aliphatic carbocycles. The number of halogens is 3. The summed E-state index contributed by atoms with van der Waals surface area (Å²) in [5, 5.41) is 3.04. The molecule has 1 atom stereocenters. The molecule has 0 aromatic heterocycles. The Balaban J connectivity index is 2.23. The van der Waals surface area contributed by atoms with Crippen molar-refractivity contribution < 1.29 is 13.2 Å². The Kier molecular flexibility index (Phi) is 4.65. The first-order valence-corrected chi connectivity index (χ1v) is 6.09. The lowest BCUT2D eigenvalue weighted by atomic mass is 9.85. The molecule has 1 rings (SSSR count). The van der Waals surface area contributed by atoms with Crippen LogP contribution in [0.4, 0.5) is 13.2 Å². The molecule has 96 valence electrons. The topological polar surface area (TPSA) is 12.0 Å². The summed E-state index contributed by atoms with van der Waals surface area (Å²) in [6.07, 6.45) is 0.688. The van der Waals surface area contributed by atoms with Crippen molar-refractivity contribution in [1.82, 2.24) is 5.32 Å². The van der Waals surface area contributed by atoms with Crippen molar-refractivity contribution in [3.8, 4) is 0 Å². The molecule has 0 bridgehead atoms. The first-order chi connectivity index (χ1) is 7.29. The molecule has 1 fully saturated rings. The van der Waals surface area contributed by atoms with Gasteiger partial charge >= 0.3 is 6.18 Å². The lowest BCUT2D eigenvalue weighted by Crippen LogP contribution is -2.32. The van der Waals surface area contributed by atoms with Gasteiger partial charge in [-0.3, -0.25) is 0 Å². The minimum absolute atomic E-state index is 0.0641. The van der Waals surface area contributed by atoms with Crippen LogP contribution in [-0.2, 0) is 0 Å². The highest BCUT2D eigenvalue weighted by Crippen LogP contribution is 2.33. The maximum absolute atomic E-state index is 12.0. The molecule has 0 amide bonds. The van der Waals surface area contributed by atoms with Crippen molar-refractivity contribution in [1.29, 1.82) is 0 Å².